The first-order chi connectivity index (χ1) is 13.5. The van der Waals surface area contributed by atoms with Gasteiger partial charge in [0.2, 0.25) is 6.10 Å². The van der Waals surface area contributed by atoms with Crippen LogP contribution in [0.4, 0.5) is 13.2 Å². The number of halogens is 5. The van der Waals surface area contributed by atoms with Crippen LogP contribution in [0.25, 0.3) is 6.08 Å². The van der Waals surface area contributed by atoms with Crippen molar-refractivity contribution < 1.29 is 37.4 Å². The average Bonchev–Trinajstić information content (AvgIpc) is 2.59. The fourth-order valence-electron chi connectivity index (χ4n) is 2.41. The Labute approximate surface area is 172 Å². The maximum Gasteiger partial charge on any atom is 0.430 e. The highest BCUT2D eigenvalue weighted by Crippen LogP contribution is 2.42. The van der Waals surface area contributed by atoms with Gasteiger partial charge in [0, 0.05) is 23.7 Å². The molecule has 1 heterocycles. The number of carbonyl (C=O) groups excluding carboxylic acids is 1. The Kier molecular flexibility index (Phi) is 7.55. The van der Waals surface area contributed by atoms with Crippen molar-refractivity contribution in [3.8, 4) is 5.75 Å². The number of ether oxygens (including phenoxy) is 2. The van der Waals surface area contributed by atoms with Crippen LogP contribution in [0.15, 0.2) is 17.7 Å². The van der Waals surface area contributed by atoms with Crippen molar-refractivity contribution in [2.75, 3.05) is 33.4 Å². The zero-order valence-corrected chi connectivity index (χ0v) is 16.4. The van der Waals surface area contributed by atoms with Crippen LogP contribution in [0.3, 0.4) is 0 Å². The monoisotopic (exact) mass is 458 g/mol. The number of carbonyl (C=O) groups is 1. The van der Waals surface area contributed by atoms with Crippen LogP contribution in [0.5, 0.6) is 5.75 Å². The van der Waals surface area contributed by atoms with Gasteiger partial charge in [-0.3, -0.25) is 0 Å². The van der Waals surface area contributed by atoms with E-state index in [1.165, 1.54) is 12.1 Å². The molecule has 1 atom stereocenters. The maximum atomic E-state index is 13.4. The van der Waals surface area contributed by atoms with Crippen LogP contribution in [-0.4, -0.2) is 61.6 Å². The molecule has 0 spiro atoms. The lowest BCUT2D eigenvalue weighted by Gasteiger charge is -2.28. The Morgan fingerprint density at radius 1 is 1.31 bits per heavy atom. The summed E-state index contributed by atoms with van der Waals surface area (Å²) in [5.41, 5.74) is -0.633. The van der Waals surface area contributed by atoms with Crippen molar-refractivity contribution in [1.82, 2.24) is 4.90 Å². The van der Waals surface area contributed by atoms with E-state index in [0.717, 1.165) is 6.08 Å². The Hall–Kier alpha value is -2.24. The molecule has 0 saturated heterocycles. The lowest BCUT2D eigenvalue weighted by molar-refractivity contribution is -0.757. The third-order valence-electron chi connectivity index (χ3n) is 3.78. The molecule has 0 N–H and O–H groups in total. The van der Waals surface area contributed by atoms with Gasteiger partial charge in [-0.2, -0.15) is 13.2 Å². The topological polar surface area (TPSA) is 91.1 Å². The normalized spacial score (nSPS) is 16.0. The first kappa shape index (κ1) is 23.0. The second kappa shape index (κ2) is 9.51. The average molecular weight is 459 g/mol. The molecule has 1 unspecified atom stereocenters. The highest BCUT2D eigenvalue weighted by molar-refractivity contribution is 6.36. The van der Waals surface area contributed by atoms with Crippen molar-refractivity contribution in [1.29, 1.82) is 0 Å². The molecule has 0 radical (unpaired) electrons. The van der Waals surface area contributed by atoms with Gasteiger partial charge < -0.3 is 19.2 Å². The molecule has 8 nitrogen and oxygen atoms in total. The highest BCUT2D eigenvalue weighted by atomic mass is 35.5. The molecule has 160 valence electrons. The SMILES string of the molecule is CN(CCOC(=O)C1=Cc2cc(Cl)cc(Cl)c2OC1C(F)(F)F)CCO[N+](=O)[O-]. The van der Waals surface area contributed by atoms with Crippen LogP contribution in [0.2, 0.25) is 10.0 Å². The lowest BCUT2D eigenvalue weighted by atomic mass is 10.0. The van der Waals surface area contributed by atoms with Gasteiger partial charge in [-0.25, -0.2) is 4.79 Å². The van der Waals surface area contributed by atoms with Gasteiger partial charge in [0.25, 0.3) is 5.09 Å². The molecule has 13 heteroatoms. The highest BCUT2D eigenvalue weighted by Gasteiger charge is 2.49. The lowest BCUT2D eigenvalue weighted by Crippen LogP contribution is -2.41. The third kappa shape index (κ3) is 6.38. The van der Waals surface area contributed by atoms with Gasteiger partial charge in [-0.15, -0.1) is 10.1 Å². The Morgan fingerprint density at radius 3 is 2.59 bits per heavy atom. The first-order valence-corrected chi connectivity index (χ1v) is 8.81. The third-order valence-corrected chi connectivity index (χ3v) is 4.27. The number of benzene rings is 1. The van der Waals surface area contributed by atoms with E-state index in [1.807, 2.05) is 0 Å². The number of rotatable bonds is 8. The fourth-order valence-corrected chi connectivity index (χ4v) is 2.96. The fraction of sp³-hybridized carbons (Fsp3) is 0.438. The largest absolute Gasteiger partial charge is 0.474 e. The van der Waals surface area contributed by atoms with E-state index in [2.05, 4.69) is 4.84 Å². The van der Waals surface area contributed by atoms with Crippen molar-refractivity contribution >= 4 is 35.2 Å². The molecule has 1 aliphatic heterocycles. The van der Waals surface area contributed by atoms with Crippen LogP contribution in [-0.2, 0) is 14.4 Å². The van der Waals surface area contributed by atoms with E-state index < -0.39 is 28.9 Å². The van der Waals surface area contributed by atoms with Gasteiger partial charge in [-0.1, -0.05) is 23.2 Å². The van der Waals surface area contributed by atoms with Gasteiger partial charge in [0.1, 0.15) is 19.0 Å². The molecule has 29 heavy (non-hydrogen) atoms. The zero-order valence-electron chi connectivity index (χ0n) is 14.9. The molecule has 0 fully saturated rings. The summed E-state index contributed by atoms with van der Waals surface area (Å²) in [6, 6.07) is 2.54. The minimum absolute atomic E-state index is 0.115. The summed E-state index contributed by atoms with van der Waals surface area (Å²) in [5, 5.41) is 9.16. The molecule has 1 aliphatic rings. The molecule has 0 amide bonds. The van der Waals surface area contributed by atoms with E-state index in [9.17, 15) is 28.1 Å². The summed E-state index contributed by atoms with van der Waals surface area (Å²) < 4.78 is 50.0. The van der Waals surface area contributed by atoms with E-state index in [0.29, 0.717) is 0 Å². The predicted octanol–water partition coefficient (Wildman–Crippen LogP) is 3.38. The Bertz CT molecular complexity index is 819. The Morgan fingerprint density at radius 2 is 1.97 bits per heavy atom. The molecule has 0 bridgehead atoms. The van der Waals surface area contributed by atoms with Crippen LogP contribution < -0.4 is 4.74 Å². The number of esters is 1. The molecule has 0 aromatic heterocycles. The van der Waals surface area contributed by atoms with Gasteiger partial charge >= 0.3 is 12.1 Å². The zero-order chi connectivity index (χ0) is 21.8. The van der Waals surface area contributed by atoms with Crippen molar-refractivity contribution in [3.63, 3.8) is 0 Å². The van der Waals surface area contributed by atoms with Gasteiger partial charge in [-0.05, 0) is 25.3 Å². The number of nitrogens with zero attached hydrogens (tertiary/aromatic N) is 2. The molecule has 1 aromatic rings. The quantitative estimate of drug-likeness (QED) is 0.335. The van der Waals surface area contributed by atoms with Crippen LogP contribution in [0.1, 0.15) is 5.56 Å². The molecule has 0 saturated carbocycles. The van der Waals surface area contributed by atoms with Gasteiger partial charge in [0.05, 0.1) is 10.6 Å². The molecule has 2 rings (SSSR count). The summed E-state index contributed by atoms with van der Waals surface area (Å²) in [7, 11) is 1.57. The molecular formula is C16H15Cl2F3N2O6. The van der Waals surface area contributed by atoms with Crippen molar-refractivity contribution in [2.24, 2.45) is 0 Å². The number of likely N-dealkylation sites (N-methyl/N-ethyl adjacent to an activating group) is 1. The number of alkyl halides is 3. The standard InChI is InChI=1S/C16H15Cl2F3N2O6/c1-22(3-5-28-23(25)26)2-4-27-15(24)11-7-9-6-10(17)8-12(18)13(9)29-14(11)16(19,20)21/h6-8,14H,2-5H2,1H3. The maximum absolute atomic E-state index is 13.4. The summed E-state index contributed by atoms with van der Waals surface area (Å²) in [6.07, 6.45) is -6.46. The molecular weight excluding hydrogens is 444 g/mol. The van der Waals surface area contributed by atoms with Crippen molar-refractivity contribution in [2.45, 2.75) is 12.3 Å². The Balaban J connectivity index is 2.07. The van der Waals surface area contributed by atoms with Gasteiger partial charge in [0.15, 0.2) is 0 Å². The van der Waals surface area contributed by atoms with Crippen LogP contribution >= 0.6 is 23.2 Å². The predicted molar refractivity (Wildman–Crippen MR) is 96.3 cm³/mol. The number of hydrogen-bond acceptors (Lipinski definition) is 7. The minimum atomic E-state index is -4.89. The second-order valence-electron chi connectivity index (χ2n) is 5.94. The van der Waals surface area contributed by atoms with Crippen LogP contribution in [0, 0.1) is 10.1 Å². The summed E-state index contributed by atoms with van der Waals surface area (Å²) in [5.74, 6) is -1.45. The summed E-state index contributed by atoms with van der Waals surface area (Å²) in [6.45, 7) is -0.185. The van der Waals surface area contributed by atoms with E-state index >= 15 is 0 Å². The molecule has 0 aliphatic carbocycles. The minimum Gasteiger partial charge on any atom is -0.474 e. The number of hydrogen-bond donors (Lipinski definition) is 0. The first-order valence-electron chi connectivity index (χ1n) is 8.06. The summed E-state index contributed by atoms with van der Waals surface area (Å²) in [4.78, 5) is 28.0. The number of fused-ring (bicyclic) bond motifs is 1. The van der Waals surface area contributed by atoms with E-state index in [4.69, 9.17) is 32.7 Å². The smallest absolute Gasteiger partial charge is 0.430 e. The van der Waals surface area contributed by atoms with Crippen molar-refractivity contribution in [3.05, 3.63) is 43.4 Å². The molecule has 1 aromatic carbocycles. The van der Waals surface area contributed by atoms with E-state index in [1.54, 1.807) is 11.9 Å². The van der Waals surface area contributed by atoms with E-state index in [-0.39, 0.29) is 47.7 Å². The second-order valence-corrected chi connectivity index (χ2v) is 6.78. The summed E-state index contributed by atoms with van der Waals surface area (Å²) >= 11 is 11.7.